The molecule has 0 aliphatic carbocycles. The van der Waals surface area contributed by atoms with Gasteiger partial charge in [-0.1, -0.05) is 6.07 Å². The molecule has 0 bridgehead atoms. The maximum absolute atomic E-state index is 11.9. The van der Waals surface area contributed by atoms with E-state index in [9.17, 15) is 9.70 Å². The van der Waals surface area contributed by atoms with Gasteiger partial charge in [-0.3, -0.25) is 10.3 Å². The number of carbonyl (C=O) groups excluding carboxylic acids is 1. The Bertz CT molecular complexity index is 931. The van der Waals surface area contributed by atoms with Gasteiger partial charge in [0.15, 0.2) is 0 Å². The minimum Gasteiger partial charge on any atom is -0.497 e. The lowest BCUT2D eigenvalue weighted by atomic mass is 10.2. The number of nitroso groups, excluding NO2 is 1. The van der Waals surface area contributed by atoms with Crippen molar-refractivity contribution in [2.75, 3.05) is 24.0 Å². The highest BCUT2D eigenvalue weighted by Crippen LogP contribution is 2.28. The smallest absolute Gasteiger partial charge is 0.411 e. The van der Waals surface area contributed by atoms with Gasteiger partial charge in [-0.15, -0.1) is 4.91 Å². The van der Waals surface area contributed by atoms with Crippen molar-refractivity contribution in [3.63, 3.8) is 0 Å². The van der Waals surface area contributed by atoms with Crippen LogP contribution in [0.1, 0.15) is 5.56 Å². The van der Waals surface area contributed by atoms with Gasteiger partial charge in [-0.05, 0) is 60.2 Å². The number of anilines is 3. The van der Waals surface area contributed by atoms with Crippen LogP contribution in [0.5, 0.6) is 5.75 Å². The van der Waals surface area contributed by atoms with Gasteiger partial charge in [-0.25, -0.2) is 4.79 Å². The molecule has 0 fully saturated rings. The molecule has 8 heteroatoms. The summed E-state index contributed by atoms with van der Waals surface area (Å²) in [5.41, 5.74) is 2.68. The number of benzene rings is 2. The summed E-state index contributed by atoms with van der Waals surface area (Å²) >= 11 is 0. The van der Waals surface area contributed by atoms with E-state index in [2.05, 4.69) is 15.6 Å². The summed E-state index contributed by atoms with van der Waals surface area (Å²) in [6.07, 6.45) is 3.45. The molecule has 0 unspecified atom stereocenters. The van der Waals surface area contributed by atoms with Crippen molar-refractivity contribution in [2.24, 2.45) is 5.29 Å². The van der Waals surface area contributed by atoms with E-state index in [-0.39, 0.29) is 6.61 Å². The first kappa shape index (κ1) is 19.8. The Hall–Kier alpha value is -3.94. The zero-order valence-electron chi connectivity index (χ0n) is 15.8. The van der Waals surface area contributed by atoms with Gasteiger partial charge in [0.05, 0.1) is 30.4 Å². The van der Waals surface area contributed by atoms with Crippen LogP contribution in [0.15, 0.2) is 78.3 Å². The van der Waals surface area contributed by atoms with Crippen molar-refractivity contribution < 1.29 is 14.3 Å². The molecule has 1 heterocycles. The lowest BCUT2D eigenvalue weighted by Gasteiger charge is -2.16. The fraction of sp³-hybridized carbons (Fsp3) is 0.143. The summed E-state index contributed by atoms with van der Waals surface area (Å²) in [7, 11) is 1.57. The summed E-state index contributed by atoms with van der Waals surface area (Å²) in [6.45, 7) is 0.246. The monoisotopic (exact) mass is 392 g/mol. The summed E-state index contributed by atoms with van der Waals surface area (Å²) < 4.78 is 10.3. The maximum atomic E-state index is 11.9. The first-order valence-corrected chi connectivity index (χ1v) is 8.90. The van der Waals surface area contributed by atoms with Crippen molar-refractivity contribution >= 4 is 23.2 Å². The second-order valence-electron chi connectivity index (χ2n) is 6.01. The van der Waals surface area contributed by atoms with Gasteiger partial charge in [-0.2, -0.15) is 5.01 Å². The summed E-state index contributed by atoms with van der Waals surface area (Å²) in [5.74, 6) is 0.682. The van der Waals surface area contributed by atoms with Gasteiger partial charge in [0.25, 0.3) is 0 Å². The topological polar surface area (TPSA) is 93.1 Å². The molecule has 148 valence electrons. The normalized spacial score (nSPS) is 10.1. The average molecular weight is 392 g/mol. The van der Waals surface area contributed by atoms with E-state index in [4.69, 9.17) is 9.47 Å². The lowest BCUT2D eigenvalue weighted by molar-refractivity contribution is 0.163. The number of carbonyl (C=O) groups is 1. The molecule has 0 aliphatic heterocycles. The predicted octanol–water partition coefficient (Wildman–Crippen LogP) is 4.70. The minimum atomic E-state index is -0.554. The second-order valence-corrected chi connectivity index (χ2v) is 6.01. The van der Waals surface area contributed by atoms with Crippen molar-refractivity contribution in [2.45, 2.75) is 6.42 Å². The number of ether oxygens (including phenoxy) is 2. The standard InChI is InChI=1S/C21H20N4O4/c1-28-20-10-8-19(9-11-20)25(24-27)18-6-4-17(5-7-18)23-21(26)29-14-12-16-3-2-13-22-15-16/h2-11,13,15H,12,14H2,1H3,(H,23,26). The number of methoxy groups -OCH3 is 1. The number of nitrogens with zero attached hydrogens (tertiary/aromatic N) is 3. The number of hydrogen-bond donors (Lipinski definition) is 1. The number of pyridine rings is 1. The van der Waals surface area contributed by atoms with Crippen LogP contribution in [0, 0.1) is 4.91 Å². The average Bonchev–Trinajstić information content (AvgIpc) is 2.77. The van der Waals surface area contributed by atoms with Gasteiger partial charge < -0.3 is 9.47 Å². The molecule has 0 radical (unpaired) electrons. The van der Waals surface area contributed by atoms with Gasteiger partial charge >= 0.3 is 6.09 Å². The first-order valence-electron chi connectivity index (χ1n) is 8.90. The summed E-state index contributed by atoms with van der Waals surface area (Å²) in [4.78, 5) is 27.2. The Balaban J connectivity index is 1.55. The zero-order chi connectivity index (χ0) is 20.5. The van der Waals surface area contributed by atoms with E-state index >= 15 is 0 Å². The van der Waals surface area contributed by atoms with Gasteiger partial charge in [0, 0.05) is 24.5 Å². The molecular weight excluding hydrogens is 372 g/mol. The van der Waals surface area contributed by atoms with Crippen LogP contribution in [-0.2, 0) is 11.2 Å². The number of hydrogen-bond acceptors (Lipinski definition) is 6. The molecule has 2 aromatic carbocycles. The third kappa shape index (κ3) is 5.52. The molecule has 3 aromatic rings. The van der Waals surface area contributed by atoms with Crippen molar-refractivity contribution in [1.82, 2.24) is 4.98 Å². The first-order chi connectivity index (χ1) is 14.2. The lowest BCUT2D eigenvalue weighted by Crippen LogP contribution is -2.15. The molecule has 0 saturated heterocycles. The van der Waals surface area contributed by atoms with E-state index in [0.717, 1.165) is 5.56 Å². The third-order valence-corrected chi connectivity index (χ3v) is 4.10. The Morgan fingerprint density at radius 2 is 1.76 bits per heavy atom. The largest absolute Gasteiger partial charge is 0.497 e. The molecule has 1 amide bonds. The van der Waals surface area contributed by atoms with Gasteiger partial charge in [0.1, 0.15) is 5.75 Å². The Morgan fingerprint density at radius 3 is 2.34 bits per heavy atom. The van der Waals surface area contributed by atoms with Crippen molar-refractivity contribution in [1.29, 1.82) is 0 Å². The molecule has 1 N–H and O–H groups in total. The quantitative estimate of drug-likeness (QED) is 0.441. The maximum Gasteiger partial charge on any atom is 0.411 e. The van der Waals surface area contributed by atoms with Crippen LogP contribution < -0.4 is 15.1 Å². The van der Waals surface area contributed by atoms with Crippen LogP contribution in [0.25, 0.3) is 0 Å². The van der Waals surface area contributed by atoms with Crippen molar-refractivity contribution in [3.05, 3.63) is 83.5 Å². The number of nitrogens with one attached hydrogen (secondary N) is 1. The number of aromatic nitrogens is 1. The second kappa shape index (κ2) is 9.84. The highest BCUT2D eigenvalue weighted by molar-refractivity contribution is 5.85. The molecule has 8 nitrogen and oxygen atoms in total. The van der Waals surface area contributed by atoms with Crippen LogP contribution >= 0.6 is 0 Å². The Labute approximate surface area is 168 Å². The molecule has 3 rings (SSSR count). The summed E-state index contributed by atoms with van der Waals surface area (Å²) in [6, 6.07) is 17.4. The van der Waals surface area contributed by atoms with Crippen LogP contribution in [-0.4, -0.2) is 24.8 Å². The van der Waals surface area contributed by atoms with E-state index in [1.165, 1.54) is 5.01 Å². The van der Waals surface area contributed by atoms with E-state index < -0.39 is 6.09 Å². The zero-order valence-corrected chi connectivity index (χ0v) is 15.8. The SMILES string of the molecule is COc1ccc(N(N=O)c2ccc(NC(=O)OCCc3cccnc3)cc2)cc1. The van der Waals surface area contributed by atoms with E-state index in [0.29, 0.717) is 29.2 Å². The molecular formula is C21H20N4O4. The Kier molecular flexibility index (Phi) is 6.72. The van der Waals surface area contributed by atoms with Crippen LogP contribution in [0.4, 0.5) is 21.9 Å². The molecule has 29 heavy (non-hydrogen) atoms. The fourth-order valence-electron chi connectivity index (χ4n) is 2.61. The molecule has 1 aromatic heterocycles. The highest BCUT2D eigenvalue weighted by atomic mass is 16.5. The Morgan fingerprint density at radius 1 is 1.07 bits per heavy atom. The molecule has 0 spiro atoms. The van der Waals surface area contributed by atoms with E-state index in [1.54, 1.807) is 68.0 Å². The number of rotatable bonds is 8. The van der Waals surface area contributed by atoms with Crippen LogP contribution in [0.3, 0.4) is 0 Å². The highest BCUT2D eigenvalue weighted by Gasteiger charge is 2.11. The fourth-order valence-corrected chi connectivity index (χ4v) is 2.61. The third-order valence-electron chi connectivity index (χ3n) is 4.10. The summed E-state index contributed by atoms with van der Waals surface area (Å²) in [5, 5.41) is 6.96. The minimum absolute atomic E-state index is 0.246. The van der Waals surface area contributed by atoms with Crippen molar-refractivity contribution in [3.8, 4) is 5.75 Å². The number of amides is 1. The van der Waals surface area contributed by atoms with Crippen LogP contribution in [0.2, 0.25) is 0 Å². The molecule has 0 atom stereocenters. The van der Waals surface area contributed by atoms with E-state index in [1.807, 2.05) is 12.1 Å². The van der Waals surface area contributed by atoms with Gasteiger partial charge in [0.2, 0.25) is 0 Å². The molecule has 0 aliphatic rings. The molecule has 0 saturated carbocycles. The predicted molar refractivity (Wildman–Crippen MR) is 110 cm³/mol.